The van der Waals surface area contributed by atoms with Gasteiger partial charge in [-0.1, -0.05) is 22.0 Å². The lowest BCUT2D eigenvalue weighted by molar-refractivity contribution is 0.174. The number of nitrogens with zero attached hydrogens (tertiary/aromatic N) is 1. The van der Waals surface area contributed by atoms with E-state index in [0.29, 0.717) is 29.6 Å². The van der Waals surface area contributed by atoms with Crippen molar-refractivity contribution in [2.24, 2.45) is 4.99 Å². The number of rotatable bonds is 5. The van der Waals surface area contributed by atoms with E-state index in [0.717, 1.165) is 21.3 Å². The van der Waals surface area contributed by atoms with Gasteiger partial charge in [0.05, 0.1) is 6.54 Å². The summed E-state index contributed by atoms with van der Waals surface area (Å²) < 4.78 is 25.7. The third kappa shape index (κ3) is 5.27. The highest BCUT2D eigenvalue weighted by atomic mass is 79.9. The first-order valence-corrected chi connectivity index (χ1v) is 10.4. The SMILES string of the molecule is Cc1cc(O)ccc1NC(=NCc1ccc2c(c1)OCO2)NCc1cc(Br)ccc1F. The number of aromatic hydroxyl groups is 1. The lowest BCUT2D eigenvalue weighted by Gasteiger charge is -2.15. The molecule has 0 saturated carbocycles. The van der Waals surface area contributed by atoms with Crippen LogP contribution in [0.1, 0.15) is 16.7 Å². The molecule has 0 unspecified atom stereocenters. The molecule has 1 aliphatic heterocycles. The predicted octanol–water partition coefficient (Wildman–Crippen LogP) is 5.09. The van der Waals surface area contributed by atoms with Crippen LogP contribution in [0.4, 0.5) is 10.1 Å². The van der Waals surface area contributed by atoms with E-state index in [1.165, 1.54) is 6.07 Å². The van der Waals surface area contributed by atoms with Crippen LogP contribution in [0.3, 0.4) is 0 Å². The van der Waals surface area contributed by atoms with Gasteiger partial charge < -0.3 is 25.2 Å². The smallest absolute Gasteiger partial charge is 0.231 e. The summed E-state index contributed by atoms with van der Waals surface area (Å²) >= 11 is 3.37. The summed E-state index contributed by atoms with van der Waals surface area (Å²) in [5.41, 5.74) is 3.09. The van der Waals surface area contributed by atoms with Crippen molar-refractivity contribution in [3.8, 4) is 17.2 Å². The van der Waals surface area contributed by atoms with Gasteiger partial charge in [0.25, 0.3) is 0 Å². The van der Waals surface area contributed by atoms with E-state index < -0.39 is 0 Å². The Bertz CT molecular complexity index is 1140. The van der Waals surface area contributed by atoms with Gasteiger partial charge in [0.15, 0.2) is 17.5 Å². The number of ether oxygens (including phenoxy) is 2. The number of fused-ring (bicyclic) bond motifs is 1. The van der Waals surface area contributed by atoms with Crippen LogP contribution in [-0.2, 0) is 13.1 Å². The van der Waals surface area contributed by atoms with Crippen molar-refractivity contribution in [1.29, 1.82) is 0 Å². The van der Waals surface area contributed by atoms with Gasteiger partial charge in [-0.25, -0.2) is 9.38 Å². The Morgan fingerprint density at radius 1 is 1.10 bits per heavy atom. The molecule has 3 aromatic carbocycles. The van der Waals surface area contributed by atoms with Gasteiger partial charge in [0, 0.05) is 22.3 Å². The average Bonchev–Trinajstić information content (AvgIpc) is 3.22. The molecule has 0 atom stereocenters. The maximum absolute atomic E-state index is 14.2. The van der Waals surface area contributed by atoms with E-state index in [9.17, 15) is 9.50 Å². The van der Waals surface area contributed by atoms with Gasteiger partial charge in [0.1, 0.15) is 11.6 Å². The molecule has 0 aromatic heterocycles. The van der Waals surface area contributed by atoms with Crippen molar-refractivity contribution < 1.29 is 19.0 Å². The van der Waals surface area contributed by atoms with Crippen LogP contribution in [0, 0.1) is 12.7 Å². The zero-order chi connectivity index (χ0) is 21.8. The zero-order valence-electron chi connectivity index (χ0n) is 16.8. The number of aliphatic imine (C=N–C) groups is 1. The molecule has 0 bridgehead atoms. The molecule has 1 heterocycles. The second kappa shape index (κ2) is 9.26. The fourth-order valence-electron chi connectivity index (χ4n) is 3.12. The number of hydrogen-bond donors (Lipinski definition) is 3. The summed E-state index contributed by atoms with van der Waals surface area (Å²) in [5.74, 6) is 1.78. The number of anilines is 1. The number of nitrogens with one attached hydrogen (secondary N) is 2. The highest BCUT2D eigenvalue weighted by molar-refractivity contribution is 9.10. The molecule has 0 amide bonds. The van der Waals surface area contributed by atoms with E-state index >= 15 is 0 Å². The maximum Gasteiger partial charge on any atom is 0.231 e. The normalized spacial score (nSPS) is 12.7. The number of hydrogen-bond acceptors (Lipinski definition) is 4. The lowest BCUT2D eigenvalue weighted by atomic mass is 10.2. The molecule has 0 saturated heterocycles. The number of benzene rings is 3. The van der Waals surface area contributed by atoms with E-state index in [4.69, 9.17) is 9.47 Å². The Morgan fingerprint density at radius 2 is 1.94 bits per heavy atom. The van der Waals surface area contributed by atoms with E-state index in [2.05, 4.69) is 31.6 Å². The van der Waals surface area contributed by atoms with Gasteiger partial charge in [0.2, 0.25) is 6.79 Å². The van der Waals surface area contributed by atoms with Crippen molar-refractivity contribution in [2.45, 2.75) is 20.0 Å². The highest BCUT2D eigenvalue weighted by Gasteiger charge is 2.13. The van der Waals surface area contributed by atoms with Crippen molar-refractivity contribution in [1.82, 2.24) is 5.32 Å². The summed E-state index contributed by atoms with van der Waals surface area (Å²) in [6, 6.07) is 15.5. The second-order valence-corrected chi connectivity index (χ2v) is 7.98. The van der Waals surface area contributed by atoms with Gasteiger partial charge in [-0.15, -0.1) is 0 Å². The molecule has 0 radical (unpaired) electrons. The van der Waals surface area contributed by atoms with Crippen LogP contribution in [0.15, 0.2) is 64.1 Å². The molecule has 0 spiro atoms. The molecule has 0 fully saturated rings. The van der Waals surface area contributed by atoms with Gasteiger partial charge in [-0.05, 0) is 66.6 Å². The van der Waals surface area contributed by atoms with Gasteiger partial charge >= 0.3 is 0 Å². The van der Waals surface area contributed by atoms with Crippen LogP contribution in [0.2, 0.25) is 0 Å². The first-order valence-electron chi connectivity index (χ1n) is 9.65. The zero-order valence-corrected chi connectivity index (χ0v) is 18.4. The Balaban J connectivity index is 1.55. The lowest BCUT2D eigenvalue weighted by Crippen LogP contribution is -2.31. The fraction of sp³-hybridized carbons (Fsp3) is 0.174. The summed E-state index contributed by atoms with van der Waals surface area (Å²) in [4.78, 5) is 4.65. The minimum Gasteiger partial charge on any atom is -0.508 e. The van der Waals surface area contributed by atoms with Crippen LogP contribution in [-0.4, -0.2) is 17.9 Å². The molecule has 8 heteroatoms. The first kappa shape index (κ1) is 21.0. The molecule has 160 valence electrons. The average molecular weight is 486 g/mol. The minimum absolute atomic E-state index is 0.186. The van der Waals surface area contributed by atoms with Gasteiger partial charge in [-0.3, -0.25) is 0 Å². The van der Waals surface area contributed by atoms with Crippen LogP contribution < -0.4 is 20.1 Å². The van der Waals surface area contributed by atoms with E-state index in [1.807, 2.05) is 25.1 Å². The van der Waals surface area contributed by atoms with Crippen molar-refractivity contribution in [3.05, 3.63) is 81.6 Å². The summed E-state index contributed by atoms with van der Waals surface area (Å²) in [6.07, 6.45) is 0. The highest BCUT2D eigenvalue weighted by Crippen LogP contribution is 2.32. The van der Waals surface area contributed by atoms with Crippen LogP contribution in [0.25, 0.3) is 0 Å². The first-order chi connectivity index (χ1) is 15.0. The molecule has 1 aliphatic rings. The second-order valence-electron chi connectivity index (χ2n) is 7.07. The summed E-state index contributed by atoms with van der Waals surface area (Å²) in [5, 5.41) is 16.1. The monoisotopic (exact) mass is 485 g/mol. The molecule has 31 heavy (non-hydrogen) atoms. The summed E-state index contributed by atoms with van der Waals surface area (Å²) in [7, 11) is 0. The molecular weight excluding hydrogens is 465 g/mol. The van der Waals surface area contributed by atoms with Crippen LogP contribution >= 0.6 is 15.9 Å². The molecule has 3 aromatic rings. The molecule has 3 N–H and O–H groups in total. The third-order valence-corrected chi connectivity index (χ3v) is 5.27. The maximum atomic E-state index is 14.2. The van der Waals surface area contributed by atoms with Gasteiger partial charge in [-0.2, -0.15) is 0 Å². The molecule has 6 nitrogen and oxygen atoms in total. The number of aryl methyl sites for hydroxylation is 1. The third-order valence-electron chi connectivity index (χ3n) is 4.77. The largest absolute Gasteiger partial charge is 0.508 e. The van der Waals surface area contributed by atoms with E-state index in [-0.39, 0.29) is 24.9 Å². The topological polar surface area (TPSA) is 75.1 Å². The quantitative estimate of drug-likeness (QED) is 0.266. The fourth-order valence-corrected chi connectivity index (χ4v) is 3.53. The van der Waals surface area contributed by atoms with Crippen molar-refractivity contribution in [3.63, 3.8) is 0 Å². The summed E-state index contributed by atoms with van der Waals surface area (Å²) in [6.45, 7) is 2.72. The standard InChI is InChI=1S/C23H21BrFN3O3/c1-14-8-18(29)4-6-20(14)28-23(27-12-16-10-17(24)3-5-19(16)25)26-11-15-2-7-21-22(9-15)31-13-30-21/h2-10,29H,11-13H2,1H3,(H2,26,27,28). The Morgan fingerprint density at radius 3 is 2.77 bits per heavy atom. The van der Waals surface area contributed by atoms with E-state index in [1.54, 1.807) is 30.3 Å². The minimum atomic E-state index is -0.299. The number of guanidine groups is 1. The molecule has 0 aliphatic carbocycles. The Hall–Kier alpha value is -3.26. The van der Waals surface area contributed by atoms with Crippen LogP contribution in [0.5, 0.6) is 17.2 Å². The molecular formula is C23H21BrFN3O3. The Kier molecular flexibility index (Phi) is 6.27. The number of phenols is 1. The van der Waals surface area contributed by atoms with Crippen molar-refractivity contribution >= 4 is 27.6 Å². The Labute approximate surface area is 187 Å². The van der Waals surface area contributed by atoms with Crippen molar-refractivity contribution in [2.75, 3.05) is 12.1 Å². The number of phenolic OH excluding ortho intramolecular Hbond substituents is 1. The molecule has 4 rings (SSSR count). The predicted molar refractivity (Wildman–Crippen MR) is 121 cm³/mol. The number of halogens is 2.